The largest absolute Gasteiger partial charge is 0.508 e. The Bertz CT molecular complexity index is 1860. The Balaban J connectivity index is 1.77. The molecule has 21 heteroatoms. The third kappa shape index (κ3) is 23.9. The van der Waals surface area contributed by atoms with Gasteiger partial charge in [-0.1, -0.05) is 24.3 Å². The Labute approximate surface area is 364 Å². The number of amides is 4. The number of hydrogen-bond donors (Lipinski definition) is 11. The van der Waals surface area contributed by atoms with E-state index in [0.717, 1.165) is 0 Å². The van der Waals surface area contributed by atoms with Gasteiger partial charge in [-0.05, 0) is 74.6 Å². The van der Waals surface area contributed by atoms with Gasteiger partial charge in [0.2, 0.25) is 11.8 Å². The molecule has 0 aliphatic rings. The summed E-state index contributed by atoms with van der Waals surface area (Å²) < 4.78 is 0. The number of nitrogens with zero attached hydrogens (tertiary/aromatic N) is 2. The molecule has 1 atom stereocenters. The third-order valence-electron chi connectivity index (χ3n) is 9.65. The molecule has 0 aliphatic carbocycles. The fraction of sp³-hybridized carbons (Fsp3) is 0.524. The number of carbonyl (C=O) groups excluding carboxylic acids is 3. The lowest BCUT2D eigenvalue weighted by Crippen LogP contribution is -2.46. The summed E-state index contributed by atoms with van der Waals surface area (Å²) in [6.07, 6.45) is 2.89. The monoisotopic (exact) mass is 888 g/mol. The molecule has 2 rings (SSSR count). The van der Waals surface area contributed by atoms with Crippen molar-refractivity contribution >= 4 is 47.7 Å². The number of phenolic OH excluding ortho intramolecular Hbond substituents is 2. The molecule has 0 aromatic heterocycles. The molecule has 0 spiro atoms. The maximum atomic E-state index is 12.6. The molecule has 0 fully saturated rings. The molecule has 0 saturated heterocycles. The van der Waals surface area contributed by atoms with E-state index in [2.05, 4.69) is 21.3 Å². The maximum absolute atomic E-state index is 12.6. The lowest BCUT2D eigenvalue weighted by atomic mass is 10.0. The molecular formula is C42H60N6O15. The quantitative estimate of drug-likeness (QED) is 0.0455. The van der Waals surface area contributed by atoms with E-state index in [1.807, 2.05) is 0 Å². The molecule has 21 nitrogen and oxygen atoms in total. The van der Waals surface area contributed by atoms with Gasteiger partial charge in [-0.15, -0.1) is 0 Å². The minimum Gasteiger partial charge on any atom is -0.508 e. The van der Waals surface area contributed by atoms with Gasteiger partial charge >= 0.3 is 35.9 Å². The van der Waals surface area contributed by atoms with Crippen LogP contribution in [0.1, 0.15) is 86.5 Å². The van der Waals surface area contributed by atoms with Gasteiger partial charge in [-0.3, -0.25) is 38.6 Å². The van der Waals surface area contributed by atoms with Gasteiger partial charge in [0.25, 0.3) is 0 Å². The van der Waals surface area contributed by atoms with Crippen molar-refractivity contribution < 1.29 is 74.1 Å². The van der Waals surface area contributed by atoms with Crippen molar-refractivity contribution in [1.29, 1.82) is 0 Å². The van der Waals surface area contributed by atoms with Crippen molar-refractivity contribution in [3.63, 3.8) is 0 Å². The number of phenols is 2. The summed E-state index contributed by atoms with van der Waals surface area (Å²) in [4.78, 5) is 96.2. The molecule has 63 heavy (non-hydrogen) atoms. The standard InChI is InChI=1S/C42H60N6O15/c49-33-13-9-28(11-15-36(52)44-18-4-2-7-35(51)43-17-3-1-6-32(41(61)62)46-42(63)45-19-5-8-37(53)54)22-30(33)24-47(26-39(57)58)20-21-48(27-40(59)60)25-31-23-29(10-14-34(31)50)12-16-38(55)56/h9-10,13-14,22-23,32,49-50H,1-8,11-12,15-21,24-27H2,(H,43,51)(H,44,52)(H,53,54)(H,55,56)(H,57,58)(H,59,60)(H,61,62)(H2,45,46,63)/t32-/m0/s1. The van der Waals surface area contributed by atoms with Crippen LogP contribution >= 0.6 is 0 Å². The lowest BCUT2D eigenvalue weighted by Gasteiger charge is -2.26. The van der Waals surface area contributed by atoms with E-state index in [4.69, 9.17) is 10.2 Å². The summed E-state index contributed by atoms with van der Waals surface area (Å²) in [5, 5.41) is 77.5. The smallest absolute Gasteiger partial charge is 0.326 e. The van der Waals surface area contributed by atoms with E-state index in [1.54, 1.807) is 24.3 Å². The predicted octanol–water partition coefficient (Wildman–Crippen LogP) is 1.71. The Kier molecular flexibility index (Phi) is 24.2. The van der Waals surface area contributed by atoms with Crippen molar-refractivity contribution in [3.8, 4) is 11.5 Å². The first-order valence-corrected chi connectivity index (χ1v) is 20.7. The summed E-state index contributed by atoms with van der Waals surface area (Å²) in [6.45, 7) is 0.00855. The molecular weight excluding hydrogens is 828 g/mol. The van der Waals surface area contributed by atoms with Crippen LogP contribution in [0.2, 0.25) is 0 Å². The summed E-state index contributed by atoms with van der Waals surface area (Å²) in [7, 11) is 0. The van der Waals surface area contributed by atoms with Gasteiger partial charge in [-0.2, -0.15) is 0 Å². The number of carboxylic acid groups (broad SMARTS) is 5. The second kappa shape index (κ2) is 28.9. The zero-order valence-corrected chi connectivity index (χ0v) is 35.2. The number of aliphatic carboxylic acids is 5. The van der Waals surface area contributed by atoms with Gasteiger partial charge in [0.05, 0.1) is 13.1 Å². The van der Waals surface area contributed by atoms with Gasteiger partial charge in [0.1, 0.15) is 17.5 Å². The number of carboxylic acids is 5. The first-order chi connectivity index (χ1) is 29.9. The van der Waals surface area contributed by atoms with Crippen LogP contribution < -0.4 is 21.3 Å². The number of aryl methyl sites for hydroxylation is 2. The molecule has 0 heterocycles. The number of aromatic hydroxyl groups is 2. The van der Waals surface area contributed by atoms with Crippen LogP contribution in [-0.2, 0) is 59.5 Å². The van der Waals surface area contributed by atoms with Gasteiger partial charge in [0.15, 0.2) is 0 Å². The highest BCUT2D eigenvalue weighted by molar-refractivity contribution is 5.82. The third-order valence-corrected chi connectivity index (χ3v) is 9.65. The minimum atomic E-state index is -1.21. The highest BCUT2D eigenvalue weighted by Crippen LogP contribution is 2.23. The van der Waals surface area contributed by atoms with Crippen molar-refractivity contribution in [2.45, 2.75) is 96.2 Å². The highest BCUT2D eigenvalue weighted by atomic mass is 16.4. The predicted molar refractivity (Wildman–Crippen MR) is 225 cm³/mol. The summed E-state index contributed by atoms with van der Waals surface area (Å²) in [6, 6.07) is 7.51. The van der Waals surface area contributed by atoms with Crippen LogP contribution in [0.3, 0.4) is 0 Å². The minimum absolute atomic E-state index is 0.00867. The van der Waals surface area contributed by atoms with E-state index in [9.17, 15) is 63.9 Å². The molecule has 0 unspecified atom stereocenters. The van der Waals surface area contributed by atoms with E-state index in [-0.39, 0.29) is 101 Å². The Hall–Kier alpha value is -6.48. The van der Waals surface area contributed by atoms with Crippen LogP contribution in [0.15, 0.2) is 36.4 Å². The highest BCUT2D eigenvalue weighted by Gasteiger charge is 2.20. The Morgan fingerprint density at radius 1 is 0.524 bits per heavy atom. The number of urea groups is 1. The Morgan fingerprint density at radius 3 is 1.49 bits per heavy atom. The van der Waals surface area contributed by atoms with Crippen LogP contribution in [0.5, 0.6) is 11.5 Å². The SMILES string of the molecule is O=C(O)CCCNC(=O)N[C@@H](CCCCNC(=O)CCCCNC(=O)CCc1ccc(O)c(CN(CCN(CC(=O)O)Cc2cc(CCC(=O)O)ccc2O)CC(=O)O)c1)C(=O)O. The lowest BCUT2D eigenvalue weighted by molar-refractivity contribution is -0.140. The van der Waals surface area contributed by atoms with Gasteiger partial charge in [-0.25, -0.2) is 9.59 Å². The molecule has 0 bridgehead atoms. The average Bonchev–Trinajstić information content (AvgIpc) is 3.20. The fourth-order valence-electron chi connectivity index (χ4n) is 6.35. The summed E-state index contributed by atoms with van der Waals surface area (Å²) >= 11 is 0. The summed E-state index contributed by atoms with van der Waals surface area (Å²) in [5.74, 6) is -6.13. The zero-order chi connectivity index (χ0) is 46.7. The number of benzene rings is 2. The van der Waals surface area contributed by atoms with E-state index in [1.165, 1.54) is 21.9 Å². The average molecular weight is 889 g/mol. The molecule has 2 aromatic carbocycles. The maximum Gasteiger partial charge on any atom is 0.326 e. The van der Waals surface area contributed by atoms with Crippen LogP contribution in [0, 0.1) is 0 Å². The molecule has 11 N–H and O–H groups in total. The van der Waals surface area contributed by atoms with Crippen LogP contribution in [-0.4, -0.2) is 145 Å². The second-order valence-corrected chi connectivity index (χ2v) is 15.0. The van der Waals surface area contributed by atoms with E-state index in [0.29, 0.717) is 67.4 Å². The molecule has 0 aliphatic heterocycles. The summed E-state index contributed by atoms with van der Waals surface area (Å²) in [5.41, 5.74) is 2.13. The molecule has 2 aromatic rings. The van der Waals surface area contributed by atoms with E-state index < -0.39 is 55.0 Å². The van der Waals surface area contributed by atoms with Crippen LogP contribution in [0.4, 0.5) is 4.79 Å². The zero-order valence-electron chi connectivity index (χ0n) is 35.2. The van der Waals surface area contributed by atoms with Crippen molar-refractivity contribution in [3.05, 3.63) is 58.7 Å². The number of carbonyl (C=O) groups is 8. The molecule has 0 saturated carbocycles. The number of nitrogens with one attached hydrogen (secondary N) is 4. The van der Waals surface area contributed by atoms with E-state index >= 15 is 0 Å². The number of hydrogen-bond acceptors (Lipinski definition) is 12. The van der Waals surface area contributed by atoms with Crippen molar-refractivity contribution in [1.82, 2.24) is 31.1 Å². The topological polar surface area (TPSA) is 333 Å². The fourth-order valence-corrected chi connectivity index (χ4v) is 6.35. The Morgan fingerprint density at radius 2 is 1.00 bits per heavy atom. The van der Waals surface area contributed by atoms with Gasteiger partial charge in [0, 0.05) is 82.6 Å². The van der Waals surface area contributed by atoms with Crippen LogP contribution in [0.25, 0.3) is 0 Å². The molecule has 0 radical (unpaired) electrons. The second-order valence-electron chi connectivity index (χ2n) is 15.0. The first kappa shape index (κ1) is 52.7. The number of rotatable bonds is 33. The normalized spacial score (nSPS) is 11.5. The van der Waals surface area contributed by atoms with Gasteiger partial charge < -0.3 is 57.0 Å². The van der Waals surface area contributed by atoms with Crippen molar-refractivity contribution in [2.75, 3.05) is 45.8 Å². The first-order valence-electron chi connectivity index (χ1n) is 20.7. The molecule has 4 amide bonds. The van der Waals surface area contributed by atoms with Crippen molar-refractivity contribution in [2.24, 2.45) is 0 Å². The number of unbranched alkanes of at least 4 members (excludes halogenated alkanes) is 2. The molecule has 348 valence electrons.